The first-order valence-corrected chi connectivity index (χ1v) is 7.14. The van der Waals surface area contributed by atoms with Gasteiger partial charge in [-0.25, -0.2) is 4.39 Å². The Bertz CT molecular complexity index is 407. The zero-order valence-electron chi connectivity index (χ0n) is 11.0. The second-order valence-electron chi connectivity index (χ2n) is 5.41. The van der Waals surface area contributed by atoms with Gasteiger partial charge < -0.3 is 4.74 Å². The van der Waals surface area contributed by atoms with Crippen LogP contribution < -0.4 is 4.74 Å². The van der Waals surface area contributed by atoms with Gasteiger partial charge in [-0.05, 0) is 48.8 Å². The third kappa shape index (κ3) is 3.17. The van der Waals surface area contributed by atoms with E-state index in [4.69, 9.17) is 16.3 Å². The van der Waals surface area contributed by atoms with Crippen molar-refractivity contribution in [3.05, 3.63) is 29.6 Å². The molecule has 1 fully saturated rings. The average Bonchev–Trinajstić information content (AvgIpc) is 2.36. The van der Waals surface area contributed by atoms with Crippen LogP contribution in [0.25, 0.3) is 0 Å². The van der Waals surface area contributed by atoms with E-state index in [-0.39, 0.29) is 11.9 Å². The predicted molar refractivity (Wildman–Crippen MR) is 72.6 cm³/mol. The van der Waals surface area contributed by atoms with Crippen molar-refractivity contribution >= 4 is 11.6 Å². The number of alkyl halides is 1. The Morgan fingerprint density at radius 3 is 2.67 bits per heavy atom. The van der Waals surface area contributed by atoms with E-state index in [0.29, 0.717) is 17.5 Å². The summed E-state index contributed by atoms with van der Waals surface area (Å²) in [4.78, 5) is 0. The van der Waals surface area contributed by atoms with Gasteiger partial charge in [0.2, 0.25) is 0 Å². The quantitative estimate of drug-likeness (QED) is 0.719. The molecular weight excluding hydrogens is 251 g/mol. The SMILES string of the molecule is CC1CCC(Oc2ccc(CCl)cc2F)CC1C. The first kappa shape index (κ1) is 13.7. The predicted octanol–water partition coefficient (Wildman–Crippen LogP) is 4.77. The lowest BCUT2D eigenvalue weighted by atomic mass is 9.80. The number of hydrogen-bond acceptors (Lipinski definition) is 1. The summed E-state index contributed by atoms with van der Waals surface area (Å²) in [6, 6.07) is 4.97. The molecule has 1 aromatic rings. The molecule has 0 aliphatic heterocycles. The zero-order valence-corrected chi connectivity index (χ0v) is 11.7. The van der Waals surface area contributed by atoms with Crippen LogP contribution in [0.4, 0.5) is 4.39 Å². The largest absolute Gasteiger partial charge is 0.487 e. The monoisotopic (exact) mass is 270 g/mol. The Labute approximate surface area is 113 Å². The maximum Gasteiger partial charge on any atom is 0.165 e. The lowest BCUT2D eigenvalue weighted by Crippen LogP contribution is -2.29. The fourth-order valence-electron chi connectivity index (χ4n) is 2.51. The summed E-state index contributed by atoms with van der Waals surface area (Å²) in [5, 5.41) is 0. The summed E-state index contributed by atoms with van der Waals surface area (Å²) in [6.45, 7) is 4.52. The lowest BCUT2D eigenvalue weighted by Gasteiger charge is -2.32. The van der Waals surface area contributed by atoms with Crippen LogP contribution in [0.15, 0.2) is 18.2 Å². The standard InChI is InChI=1S/C15H20ClFO/c1-10-3-5-13(7-11(10)2)18-15-6-4-12(9-16)8-14(15)17/h4,6,8,10-11,13H,3,5,7,9H2,1-2H3. The van der Waals surface area contributed by atoms with Gasteiger partial charge in [0.05, 0.1) is 6.10 Å². The van der Waals surface area contributed by atoms with Gasteiger partial charge in [-0.15, -0.1) is 11.6 Å². The smallest absolute Gasteiger partial charge is 0.165 e. The van der Waals surface area contributed by atoms with Crippen molar-refractivity contribution in [3.8, 4) is 5.75 Å². The van der Waals surface area contributed by atoms with Gasteiger partial charge in [-0.2, -0.15) is 0 Å². The van der Waals surface area contributed by atoms with Crippen molar-refractivity contribution in [1.29, 1.82) is 0 Å². The van der Waals surface area contributed by atoms with E-state index in [2.05, 4.69) is 13.8 Å². The molecule has 1 saturated carbocycles. The molecule has 1 aliphatic carbocycles. The highest BCUT2D eigenvalue weighted by Crippen LogP contribution is 2.32. The van der Waals surface area contributed by atoms with Gasteiger partial charge in [0.25, 0.3) is 0 Å². The zero-order chi connectivity index (χ0) is 13.1. The second kappa shape index (κ2) is 5.92. The maximum atomic E-state index is 13.8. The molecule has 0 amide bonds. The van der Waals surface area contributed by atoms with Crippen LogP contribution in [-0.4, -0.2) is 6.10 Å². The number of ether oxygens (including phenoxy) is 1. The molecule has 0 bridgehead atoms. The molecule has 2 rings (SSSR count). The Morgan fingerprint density at radius 1 is 1.28 bits per heavy atom. The lowest BCUT2D eigenvalue weighted by molar-refractivity contribution is 0.0968. The molecule has 1 aliphatic rings. The molecule has 0 heterocycles. The van der Waals surface area contributed by atoms with Crippen molar-refractivity contribution in [2.45, 2.75) is 45.1 Å². The Kier molecular flexibility index (Phi) is 4.50. The van der Waals surface area contributed by atoms with Crippen molar-refractivity contribution in [1.82, 2.24) is 0 Å². The van der Waals surface area contributed by atoms with Crippen LogP contribution in [-0.2, 0) is 5.88 Å². The van der Waals surface area contributed by atoms with E-state index in [0.717, 1.165) is 30.7 Å². The van der Waals surface area contributed by atoms with Gasteiger partial charge in [0, 0.05) is 5.88 Å². The van der Waals surface area contributed by atoms with E-state index in [1.165, 1.54) is 6.07 Å². The highest BCUT2D eigenvalue weighted by atomic mass is 35.5. The summed E-state index contributed by atoms with van der Waals surface area (Å²) in [7, 11) is 0. The van der Waals surface area contributed by atoms with Crippen molar-refractivity contribution in [2.75, 3.05) is 0 Å². The fraction of sp³-hybridized carbons (Fsp3) is 0.600. The minimum Gasteiger partial charge on any atom is -0.487 e. The highest BCUT2D eigenvalue weighted by Gasteiger charge is 2.26. The summed E-state index contributed by atoms with van der Waals surface area (Å²) >= 11 is 5.67. The van der Waals surface area contributed by atoms with Crippen LogP contribution in [0.1, 0.15) is 38.7 Å². The van der Waals surface area contributed by atoms with Crippen LogP contribution in [0.2, 0.25) is 0 Å². The van der Waals surface area contributed by atoms with E-state index < -0.39 is 0 Å². The summed E-state index contributed by atoms with van der Waals surface area (Å²) < 4.78 is 19.6. The van der Waals surface area contributed by atoms with Crippen molar-refractivity contribution in [3.63, 3.8) is 0 Å². The number of halogens is 2. The third-order valence-electron chi connectivity index (χ3n) is 3.99. The maximum absolute atomic E-state index is 13.8. The molecule has 0 spiro atoms. The van der Waals surface area contributed by atoms with E-state index in [1.54, 1.807) is 6.07 Å². The molecule has 3 unspecified atom stereocenters. The van der Waals surface area contributed by atoms with Gasteiger partial charge in [0.15, 0.2) is 11.6 Å². The fourth-order valence-corrected chi connectivity index (χ4v) is 2.67. The van der Waals surface area contributed by atoms with E-state index >= 15 is 0 Å². The van der Waals surface area contributed by atoms with E-state index in [9.17, 15) is 4.39 Å². The van der Waals surface area contributed by atoms with Gasteiger partial charge in [0.1, 0.15) is 0 Å². The third-order valence-corrected chi connectivity index (χ3v) is 4.30. The Balaban J connectivity index is 2.01. The van der Waals surface area contributed by atoms with Gasteiger partial charge >= 0.3 is 0 Å². The van der Waals surface area contributed by atoms with Crippen LogP contribution >= 0.6 is 11.6 Å². The van der Waals surface area contributed by atoms with E-state index in [1.807, 2.05) is 6.07 Å². The molecule has 0 N–H and O–H groups in total. The van der Waals surface area contributed by atoms with Crippen LogP contribution in [0.5, 0.6) is 5.75 Å². The topological polar surface area (TPSA) is 9.23 Å². The summed E-state index contributed by atoms with van der Waals surface area (Å²) in [5.41, 5.74) is 0.784. The van der Waals surface area contributed by atoms with Crippen LogP contribution in [0, 0.1) is 17.7 Å². The molecular formula is C15H20ClFO. The van der Waals surface area contributed by atoms with Gasteiger partial charge in [-0.1, -0.05) is 19.9 Å². The molecule has 3 atom stereocenters. The normalized spacial score (nSPS) is 28.1. The highest BCUT2D eigenvalue weighted by molar-refractivity contribution is 6.17. The Hall–Kier alpha value is -0.760. The van der Waals surface area contributed by atoms with Crippen molar-refractivity contribution < 1.29 is 9.13 Å². The second-order valence-corrected chi connectivity index (χ2v) is 5.67. The summed E-state index contributed by atoms with van der Waals surface area (Å²) in [6.07, 6.45) is 3.33. The molecule has 18 heavy (non-hydrogen) atoms. The van der Waals surface area contributed by atoms with Crippen molar-refractivity contribution in [2.24, 2.45) is 11.8 Å². The summed E-state index contributed by atoms with van der Waals surface area (Å²) in [5.74, 6) is 1.77. The van der Waals surface area contributed by atoms with Gasteiger partial charge in [-0.3, -0.25) is 0 Å². The molecule has 100 valence electrons. The molecule has 0 radical (unpaired) electrons. The molecule has 1 nitrogen and oxygen atoms in total. The Morgan fingerprint density at radius 2 is 2.06 bits per heavy atom. The molecule has 0 aromatic heterocycles. The first-order valence-electron chi connectivity index (χ1n) is 6.61. The first-order chi connectivity index (χ1) is 8.60. The minimum atomic E-state index is -0.306. The number of rotatable bonds is 3. The molecule has 0 saturated heterocycles. The molecule has 3 heteroatoms. The van der Waals surface area contributed by atoms with Crippen LogP contribution in [0.3, 0.4) is 0 Å². The number of benzene rings is 1. The minimum absolute atomic E-state index is 0.146. The average molecular weight is 271 g/mol. The number of hydrogen-bond donors (Lipinski definition) is 0. The molecule has 1 aromatic carbocycles.